The minimum Gasteiger partial charge on any atom is -0.476 e. The van der Waals surface area contributed by atoms with Crippen LogP contribution in [0.4, 0.5) is 19.0 Å². The third-order valence-corrected chi connectivity index (χ3v) is 4.12. The molecule has 27 heavy (non-hydrogen) atoms. The summed E-state index contributed by atoms with van der Waals surface area (Å²) in [5.74, 6) is -1.49. The SMILES string of the molecule is O=C(O)c1ccc(N2CCN(C(=O)c3cnccc3C(F)(F)F)CC2)nn1. The number of amides is 1. The van der Waals surface area contributed by atoms with Crippen LogP contribution in [0.2, 0.25) is 0 Å². The Labute approximate surface area is 151 Å². The van der Waals surface area contributed by atoms with Crippen LogP contribution in [-0.4, -0.2) is 63.2 Å². The van der Waals surface area contributed by atoms with E-state index in [2.05, 4.69) is 15.2 Å². The molecule has 1 aliphatic rings. The Balaban J connectivity index is 1.69. The second-order valence-corrected chi connectivity index (χ2v) is 5.78. The predicted molar refractivity (Wildman–Crippen MR) is 86.3 cm³/mol. The molecule has 1 aliphatic heterocycles. The molecule has 0 atom stereocenters. The molecule has 142 valence electrons. The molecule has 0 spiro atoms. The van der Waals surface area contributed by atoms with Gasteiger partial charge in [0.25, 0.3) is 5.91 Å². The molecule has 1 N–H and O–H groups in total. The molecule has 0 unspecified atom stereocenters. The lowest BCUT2D eigenvalue weighted by Crippen LogP contribution is -2.49. The van der Waals surface area contributed by atoms with Gasteiger partial charge in [-0.15, -0.1) is 10.2 Å². The summed E-state index contributed by atoms with van der Waals surface area (Å²) in [5.41, 5.74) is -1.69. The van der Waals surface area contributed by atoms with E-state index in [0.29, 0.717) is 18.9 Å². The zero-order chi connectivity index (χ0) is 19.6. The van der Waals surface area contributed by atoms with Gasteiger partial charge in [0, 0.05) is 38.6 Å². The van der Waals surface area contributed by atoms with Crippen molar-refractivity contribution < 1.29 is 27.9 Å². The summed E-state index contributed by atoms with van der Waals surface area (Å²) in [6.07, 6.45) is -2.72. The van der Waals surface area contributed by atoms with Crippen LogP contribution in [0.5, 0.6) is 0 Å². The average Bonchev–Trinajstić information content (AvgIpc) is 2.67. The van der Waals surface area contributed by atoms with Crippen LogP contribution in [0.3, 0.4) is 0 Å². The number of hydrogen-bond acceptors (Lipinski definition) is 6. The summed E-state index contributed by atoms with van der Waals surface area (Å²) in [4.78, 5) is 30.0. The number of pyridine rings is 1. The minimum absolute atomic E-state index is 0.188. The van der Waals surface area contributed by atoms with Crippen molar-refractivity contribution in [2.24, 2.45) is 0 Å². The third kappa shape index (κ3) is 3.96. The first kappa shape index (κ1) is 18.5. The lowest BCUT2D eigenvalue weighted by molar-refractivity contribution is -0.138. The van der Waals surface area contributed by atoms with E-state index in [-0.39, 0.29) is 18.8 Å². The summed E-state index contributed by atoms with van der Waals surface area (Å²) in [5, 5.41) is 16.2. The molecule has 1 amide bonds. The molecule has 0 saturated carbocycles. The van der Waals surface area contributed by atoms with Gasteiger partial charge < -0.3 is 14.9 Å². The molecule has 1 saturated heterocycles. The summed E-state index contributed by atoms with van der Waals surface area (Å²) in [6, 6.07) is 3.59. The highest BCUT2D eigenvalue weighted by atomic mass is 19.4. The monoisotopic (exact) mass is 381 g/mol. The van der Waals surface area contributed by atoms with Crippen molar-refractivity contribution in [1.29, 1.82) is 0 Å². The lowest BCUT2D eigenvalue weighted by atomic mass is 10.1. The number of aromatic nitrogens is 3. The van der Waals surface area contributed by atoms with E-state index in [0.717, 1.165) is 18.5 Å². The van der Waals surface area contributed by atoms with Crippen molar-refractivity contribution in [3.63, 3.8) is 0 Å². The zero-order valence-electron chi connectivity index (χ0n) is 13.8. The predicted octanol–water partition coefficient (Wildman–Crippen LogP) is 1.55. The highest BCUT2D eigenvalue weighted by Gasteiger charge is 2.36. The first-order valence-corrected chi connectivity index (χ1v) is 7.90. The summed E-state index contributed by atoms with van der Waals surface area (Å²) >= 11 is 0. The molecular formula is C16H14F3N5O3. The van der Waals surface area contributed by atoms with E-state index in [1.807, 2.05) is 0 Å². The number of rotatable bonds is 3. The molecule has 0 aromatic carbocycles. The summed E-state index contributed by atoms with van der Waals surface area (Å²) in [7, 11) is 0. The van der Waals surface area contributed by atoms with E-state index in [9.17, 15) is 22.8 Å². The normalized spacial score (nSPS) is 14.9. The molecule has 11 heteroatoms. The van der Waals surface area contributed by atoms with E-state index < -0.39 is 29.2 Å². The lowest BCUT2D eigenvalue weighted by Gasteiger charge is -2.35. The Morgan fingerprint density at radius 1 is 1.04 bits per heavy atom. The van der Waals surface area contributed by atoms with Gasteiger partial charge in [-0.25, -0.2) is 4.79 Å². The molecule has 3 rings (SSSR count). The number of alkyl halides is 3. The van der Waals surface area contributed by atoms with Crippen molar-refractivity contribution in [3.05, 3.63) is 47.4 Å². The molecule has 2 aromatic heterocycles. The zero-order valence-corrected chi connectivity index (χ0v) is 13.8. The van der Waals surface area contributed by atoms with E-state index in [4.69, 9.17) is 5.11 Å². The van der Waals surface area contributed by atoms with Crippen LogP contribution in [0, 0.1) is 0 Å². The Morgan fingerprint density at radius 3 is 2.30 bits per heavy atom. The quantitative estimate of drug-likeness (QED) is 0.861. The fourth-order valence-corrected chi connectivity index (χ4v) is 2.73. The van der Waals surface area contributed by atoms with E-state index in [1.54, 1.807) is 4.90 Å². The maximum Gasteiger partial charge on any atom is 0.417 e. The molecule has 3 heterocycles. The molecular weight excluding hydrogens is 367 g/mol. The van der Waals surface area contributed by atoms with Gasteiger partial charge >= 0.3 is 12.1 Å². The molecule has 0 radical (unpaired) electrons. The van der Waals surface area contributed by atoms with Crippen LogP contribution in [0.25, 0.3) is 0 Å². The summed E-state index contributed by atoms with van der Waals surface area (Å²) in [6.45, 7) is 1.03. The van der Waals surface area contributed by atoms with Gasteiger partial charge in [0.15, 0.2) is 11.5 Å². The fraction of sp³-hybridized carbons (Fsp3) is 0.312. The standard InChI is InChI=1S/C16H14F3N5O3/c17-16(18,19)11-3-4-20-9-10(11)14(25)24-7-5-23(6-8-24)13-2-1-12(15(26)27)21-22-13/h1-4,9H,5-8H2,(H,26,27). The fourth-order valence-electron chi connectivity index (χ4n) is 2.73. The van der Waals surface area contributed by atoms with Crippen molar-refractivity contribution in [2.75, 3.05) is 31.1 Å². The number of carbonyl (C=O) groups excluding carboxylic acids is 1. The number of carbonyl (C=O) groups is 2. The van der Waals surface area contributed by atoms with Crippen LogP contribution in [-0.2, 0) is 6.18 Å². The highest BCUT2D eigenvalue weighted by molar-refractivity contribution is 5.95. The molecule has 0 bridgehead atoms. The van der Waals surface area contributed by atoms with Gasteiger partial charge in [-0.2, -0.15) is 13.2 Å². The van der Waals surface area contributed by atoms with Crippen molar-refractivity contribution in [1.82, 2.24) is 20.1 Å². The highest BCUT2D eigenvalue weighted by Crippen LogP contribution is 2.32. The van der Waals surface area contributed by atoms with Gasteiger partial charge in [-0.1, -0.05) is 0 Å². The Kier molecular flexibility index (Phi) is 4.93. The van der Waals surface area contributed by atoms with E-state index >= 15 is 0 Å². The molecule has 2 aromatic rings. The van der Waals surface area contributed by atoms with Crippen molar-refractivity contribution in [3.8, 4) is 0 Å². The van der Waals surface area contributed by atoms with Crippen LogP contribution >= 0.6 is 0 Å². The van der Waals surface area contributed by atoms with Crippen LogP contribution in [0.1, 0.15) is 26.4 Å². The van der Waals surface area contributed by atoms with Crippen LogP contribution < -0.4 is 4.90 Å². The maximum absolute atomic E-state index is 13.1. The average molecular weight is 381 g/mol. The van der Waals surface area contributed by atoms with Gasteiger partial charge in [0.1, 0.15) is 0 Å². The minimum atomic E-state index is -4.64. The number of halogens is 3. The molecule has 8 nitrogen and oxygen atoms in total. The smallest absolute Gasteiger partial charge is 0.417 e. The Bertz CT molecular complexity index is 849. The maximum atomic E-state index is 13.1. The van der Waals surface area contributed by atoms with Crippen molar-refractivity contribution in [2.45, 2.75) is 6.18 Å². The number of aromatic carboxylic acids is 1. The van der Waals surface area contributed by atoms with Gasteiger partial charge in [-0.05, 0) is 18.2 Å². The number of anilines is 1. The number of carboxylic acids is 1. The largest absolute Gasteiger partial charge is 0.476 e. The Hall–Kier alpha value is -3.24. The van der Waals surface area contributed by atoms with Crippen LogP contribution in [0.15, 0.2) is 30.6 Å². The van der Waals surface area contributed by atoms with Gasteiger partial charge in [0.05, 0.1) is 11.1 Å². The first-order valence-electron chi connectivity index (χ1n) is 7.90. The molecule has 0 aliphatic carbocycles. The number of carboxylic acid groups (broad SMARTS) is 1. The second-order valence-electron chi connectivity index (χ2n) is 5.78. The topological polar surface area (TPSA) is 99.5 Å². The van der Waals surface area contributed by atoms with Gasteiger partial charge in [-0.3, -0.25) is 9.78 Å². The second kappa shape index (κ2) is 7.17. The summed E-state index contributed by atoms with van der Waals surface area (Å²) < 4.78 is 39.3. The number of hydrogen-bond donors (Lipinski definition) is 1. The third-order valence-electron chi connectivity index (χ3n) is 4.12. The van der Waals surface area contributed by atoms with Gasteiger partial charge in [0.2, 0.25) is 0 Å². The molecule has 1 fully saturated rings. The number of piperazine rings is 1. The van der Waals surface area contributed by atoms with Crippen molar-refractivity contribution >= 4 is 17.7 Å². The Morgan fingerprint density at radius 2 is 1.74 bits per heavy atom. The number of nitrogens with zero attached hydrogens (tertiary/aromatic N) is 5. The van der Waals surface area contributed by atoms with E-state index in [1.165, 1.54) is 17.0 Å². The first-order chi connectivity index (χ1) is 12.8.